The monoisotopic (exact) mass is 211 g/mol. The van der Waals surface area contributed by atoms with Crippen molar-refractivity contribution in [1.82, 2.24) is 19.5 Å². The van der Waals surface area contributed by atoms with Crippen molar-refractivity contribution >= 4 is 16.7 Å². The Hall–Kier alpha value is -1.50. The quantitative estimate of drug-likeness (QED) is 0.809. The third-order valence-corrected chi connectivity index (χ3v) is 2.18. The zero-order valence-corrected chi connectivity index (χ0v) is 8.41. The lowest BCUT2D eigenvalue weighted by Crippen LogP contribution is -2.05. The van der Waals surface area contributed by atoms with Crippen LogP contribution in [-0.2, 0) is 6.42 Å². The van der Waals surface area contributed by atoms with Crippen molar-refractivity contribution in [3.63, 3.8) is 0 Å². The Morgan fingerprint density at radius 2 is 2.50 bits per heavy atom. The van der Waals surface area contributed by atoms with Crippen LogP contribution in [0.5, 0.6) is 0 Å². The lowest BCUT2D eigenvalue weighted by molar-refractivity contribution is 0.387. The highest BCUT2D eigenvalue weighted by atomic mass is 32.1. The summed E-state index contributed by atoms with van der Waals surface area (Å²) < 4.78 is 8.71. The first kappa shape index (κ1) is 9.07. The van der Waals surface area contributed by atoms with E-state index in [2.05, 4.69) is 24.8 Å². The van der Waals surface area contributed by atoms with Gasteiger partial charge >= 0.3 is 0 Å². The highest BCUT2D eigenvalue weighted by molar-refractivity contribution is 7.09. The van der Waals surface area contributed by atoms with Crippen LogP contribution in [-0.4, -0.2) is 26.0 Å². The van der Waals surface area contributed by atoms with Crippen LogP contribution in [0, 0.1) is 6.92 Å². The number of hydrogen-bond acceptors (Lipinski definition) is 7. The third-order valence-electron chi connectivity index (χ3n) is 1.56. The predicted octanol–water partition coefficient (Wildman–Crippen LogP) is 0.884. The average molecular weight is 211 g/mol. The van der Waals surface area contributed by atoms with Crippen LogP contribution >= 0.6 is 11.5 Å². The first-order chi connectivity index (χ1) is 6.84. The van der Waals surface area contributed by atoms with E-state index >= 15 is 0 Å². The molecule has 0 amide bonds. The standard InChI is InChI=1S/C7H9N5OS/c1-5-11-6(12-13-5)2-3-8-7-9-4-10-14-7/h4H,2-3H2,1H3,(H,8,9,10). The fraction of sp³-hybridized carbons (Fsp3) is 0.429. The van der Waals surface area contributed by atoms with Gasteiger partial charge < -0.3 is 9.84 Å². The van der Waals surface area contributed by atoms with E-state index in [1.165, 1.54) is 17.9 Å². The molecular weight excluding hydrogens is 202 g/mol. The summed E-state index contributed by atoms with van der Waals surface area (Å²) in [7, 11) is 0. The largest absolute Gasteiger partial charge is 0.360 e. The van der Waals surface area contributed by atoms with Gasteiger partial charge in [-0.15, -0.1) is 0 Å². The molecular formula is C7H9N5OS. The Morgan fingerprint density at radius 3 is 3.14 bits per heavy atom. The first-order valence-corrected chi connectivity index (χ1v) is 4.91. The third kappa shape index (κ3) is 2.25. The molecule has 1 N–H and O–H groups in total. The maximum absolute atomic E-state index is 4.84. The Morgan fingerprint density at radius 1 is 1.57 bits per heavy atom. The van der Waals surface area contributed by atoms with E-state index in [9.17, 15) is 0 Å². The van der Waals surface area contributed by atoms with Crippen LogP contribution in [0.2, 0.25) is 0 Å². The van der Waals surface area contributed by atoms with Crippen molar-refractivity contribution in [2.75, 3.05) is 11.9 Å². The van der Waals surface area contributed by atoms with Gasteiger partial charge in [0.25, 0.3) is 0 Å². The van der Waals surface area contributed by atoms with Gasteiger partial charge in [0.05, 0.1) is 0 Å². The van der Waals surface area contributed by atoms with E-state index in [1.807, 2.05) is 0 Å². The molecule has 2 aromatic heterocycles. The van der Waals surface area contributed by atoms with Gasteiger partial charge in [0.1, 0.15) is 6.33 Å². The summed E-state index contributed by atoms with van der Waals surface area (Å²) in [5.41, 5.74) is 0. The Kier molecular flexibility index (Phi) is 2.68. The maximum atomic E-state index is 4.84. The minimum absolute atomic E-state index is 0.593. The van der Waals surface area contributed by atoms with Gasteiger partial charge in [-0.25, -0.2) is 4.98 Å². The molecule has 0 atom stereocenters. The van der Waals surface area contributed by atoms with E-state index in [4.69, 9.17) is 4.52 Å². The summed E-state index contributed by atoms with van der Waals surface area (Å²) in [6, 6.07) is 0. The fourth-order valence-corrected chi connectivity index (χ4v) is 1.43. The average Bonchev–Trinajstić information content (AvgIpc) is 2.77. The highest BCUT2D eigenvalue weighted by Crippen LogP contribution is 2.06. The molecule has 2 heterocycles. The Labute approximate surface area is 84.5 Å². The van der Waals surface area contributed by atoms with E-state index in [1.54, 1.807) is 6.92 Å². The lowest BCUT2D eigenvalue weighted by Gasteiger charge is -1.96. The van der Waals surface area contributed by atoms with Gasteiger partial charge in [-0.3, -0.25) is 0 Å². The smallest absolute Gasteiger partial charge is 0.223 e. The van der Waals surface area contributed by atoms with Crippen molar-refractivity contribution < 1.29 is 4.52 Å². The molecule has 0 aliphatic heterocycles. The molecule has 0 bridgehead atoms. The minimum Gasteiger partial charge on any atom is -0.360 e. The molecule has 0 aromatic carbocycles. The number of anilines is 1. The molecule has 2 aromatic rings. The zero-order chi connectivity index (χ0) is 9.80. The molecule has 74 valence electrons. The normalized spacial score (nSPS) is 10.4. The number of aryl methyl sites for hydroxylation is 1. The van der Waals surface area contributed by atoms with Gasteiger partial charge in [0.15, 0.2) is 5.82 Å². The van der Waals surface area contributed by atoms with E-state index in [0.717, 1.165) is 18.1 Å². The first-order valence-electron chi connectivity index (χ1n) is 4.14. The number of rotatable bonds is 4. The molecule has 0 saturated carbocycles. The van der Waals surface area contributed by atoms with Crippen LogP contribution in [0.25, 0.3) is 0 Å². The number of hydrogen-bond donors (Lipinski definition) is 1. The lowest BCUT2D eigenvalue weighted by atomic mass is 10.4. The molecule has 6 nitrogen and oxygen atoms in total. The van der Waals surface area contributed by atoms with E-state index in [0.29, 0.717) is 11.7 Å². The predicted molar refractivity (Wildman–Crippen MR) is 51.1 cm³/mol. The molecule has 2 rings (SSSR count). The van der Waals surface area contributed by atoms with Crippen molar-refractivity contribution in [3.05, 3.63) is 18.0 Å². The molecule has 0 spiro atoms. The number of nitrogens with one attached hydrogen (secondary N) is 1. The topological polar surface area (TPSA) is 76.7 Å². The van der Waals surface area contributed by atoms with Crippen molar-refractivity contribution in [1.29, 1.82) is 0 Å². The van der Waals surface area contributed by atoms with Crippen molar-refractivity contribution in [2.45, 2.75) is 13.3 Å². The molecule has 0 radical (unpaired) electrons. The molecule has 0 aliphatic rings. The van der Waals surface area contributed by atoms with Crippen molar-refractivity contribution in [3.8, 4) is 0 Å². The molecule has 7 heteroatoms. The second-order valence-electron chi connectivity index (χ2n) is 2.65. The fourth-order valence-electron chi connectivity index (χ4n) is 0.975. The Balaban J connectivity index is 1.78. The summed E-state index contributed by atoms with van der Waals surface area (Å²) in [5, 5.41) is 7.69. The van der Waals surface area contributed by atoms with E-state index in [-0.39, 0.29) is 0 Å². The minimum atomic E-state index is 0.593. The molecule has 0 aliphatic carbocycles. The van der Waals surface area contributed by atoms with Gasteiger partial charge in [-0.2, -0.15) is 9.36 Å². The molecule has 0 saturated heterocycles. The van der Waals surface area contributed by atoms with Crippen molar-refractivity contribution in [2.24, 2.45) is 0 Å². The number of nitrogens with zero attached hydrogens (tertiary/aromatic N) is 4. The van der Waals surface area contributed by atoms with Crippen LogP contribution < -0.4 is 5.32 Å². The van der Waals surface area contributed by atoms with Crippen LogP contribution in [0.4, 0.5) is 5.13 Å². The molecule has 0 fully saturated rings. The summed E-state index contributed by atoms with van der Waals surface area (Å²) >= 11 is 1.33. The second kappa shape index (κ2) is 4.14. The van der Waals surface area contributed by atoms with Gasteiger partial charge in [-0.1, -0.05) is 5.16 Å². The zero-order valence-electron chi connectivity index (χ0n) is 7.60. The number of aromatic nitrogens is 4. The van der Waals surface area contributed by atoms with Gasteiger partial charge in [0, 0.05) is 31.4 Å². The van der Waals surface area contributed by atoms with Gasteiger partial charge in [0.2, 0.25) is 11.0 Å². The summed E-state index contributed by atoms with van der Waals surface area (Å²) in [6.45, 7) is 2.50. The maximum Gasteiger partial charge on any atom is 0.223 e. The van der Waals surface area contributed by atoms with Crippen LogP contribution in [0.3, 0.4) is 0 Å². The van der Waals surface area contributed by atoms with E-state index < -0.39 is 0 Å². The summed E-state index contributed by atoms with van der Waals surface area (Å²) in [4.78, 5) is 8.06. The Bertz CT molecular complexity index is 384. The summed E-state index contributed by atoms with van der Waals surface area (Å²) in [5.74, 6) is 1.30. The van der Waals surface area contributed by atoms with Gasteiger partial charge in [-0.05, 0) is 0 Å². The van der Waals surface area contributed by atoms with Crippen LogP contribution in [0.1, 0.15) is 11.7 Å². The second-order valence-corrected chi connectivity index (χ2v) is 3.43. The highest BCUT2D eigenvalue weighted by Gasteiger charge is 2.01. The molecule has 0 unspecified atom stereocenters. The van der Waals surface area contributed by atoms with Crippen LogP contribution in [0.15, 0.2) is 10.9 Å². The summed E-state index contributed by atoms with van der Waals surface area (Å²) in [6.07, 6.45) is 2.24. The SMILES string of the molecule is Cc1nc(CCNc2ncns2)no1. The molecule has 14 heavy (non-hydrogen) atoms.